The van der Waals surface area contributed by atoms with Gasteiger partial charge in [0.1, 0.15) is 59.8 Å². The summed E-state index contributed by atoms with van der Waals surface area (Å²) in [6, 6.07) is 7.08. The lowest BCUT2D eigenvalue weighted by Gasteiger charge is -2.41. The lowest BCUT2D eigenvalue weighted by atomic mass is 9.98. The molecule has 0 radical (unpaired) electrons. The van der Waals surface area contributed by atoms with Crippen molar-refractivity contribution in [1.82, 2.24) is 0 Å². The molecular formula is C26H28O15. The van der Waals surface area contributed by atoms with Crippen LogP contribution in [-0.4, -0.2) is 114 Å². The molecule has 9 atom stereocenters. The third-order valence-corrected chi connectivity index (χ3v) is 6.87. The zero-order valence-corrected chi connectivity index (χ0v) is 21.0. The van der Waals surface area contributed by atoms with Crippen molar-refractivity contribution in [1.29, 1.82) is 0 Å². The van der Waals surface area contributed by atoms with E-state index < -0.39 is 84.8 Å². The summed E-state index contributed by atoms with van der Waals surface area (Å²) >= 11 is 0. The average Bonchev–Trinajstić information content (AvgIpc) is 2.93. The third-order valence-electron chi connectivity index (χ3n) is 6.87. The number of aliphatic hydroxyl groups is 6. The minimum Gasteiger partial charge on any atom is -0.508 e. The van der Waals surface area contributed by atoms with Crippen LogP contribution < -0.4 is 10.4 Å². The Bertz CT molecular complexity index is 1460. The maximum absolute atomic E-state index is 12.3. The van der Waals surface area contributed by atoms with Crippen molar-refractivity contribution in [3.8, 4) is 34.1 Å². The summed E-state index contributed by atoms with van der Waals surface area (Å²) < 4.78 is 27.2. The number of hydrogen-bond acceptors (Lipinski definition) is 15. The number of phenols is 3. The number of benzene rings is 2. The highest BCUT2D eigenvalue weighted by Crippen LogP contribution is 2.40. The van der Waals surface area contributed by atoms with Crippen LogP contribution in [-0.2, 0) is 14.2 Å². The van der Waals surface area contributed by atoms with Crippen LogP contribution in [0.4, 0.5) is 0 Å². The molecule has 15 heteroatoms. The van der Waals surface area contributed by atoms with Gasteiger partial charge in [0.15, 0.2) is 17.8 Å². The fraction of sp³-hybridized carbons (Fsp3) is 0.423. The van der Waals surface area contributed by atoms with E-state index in [1.54, 1.807) is 0 Å². The molecule has 3 heterocycles. The van der Waals surface area contributed by atoms with Crippen molar-refractivity contribution >= 4 is 11.0 Å². The van der Waals surface area contributed by atoms with Gasteiger partial charge < -0.3 is 69.3 Å². The molecule has 0 saturated carbocycles. The molecule has 15 nitrogen and oxygen atoms in total. The average molecular weight is 580 g/mol. The fourth-order valence-corrected chi connectivity index (χ4v) is 4.65. The number of hydrogen-bond donors (Lipinski definition) is 9. The van der Waals surface area contributed by atoms with E-state index in [2.05, 4.69) is 0 Å². The first-order valence-corrected chi connectivity index (χ1v) is 12.4. The van der Waals surface area contributed by atoms with E-state index >= 15 is 0 Å². The maximum Gasteiger partial charge on any atom is 0.336 e. The summed E-state index contributed by atoms with van der Waals surface area (Å²) in [5, 5.41) is 91.2. The fourth-order valence-electron chi connectivity index (χ4n) is 4.65. The van der Waals surface area contributed by atoms with Crippen LogP contribution in [0.25, 0.3) is 22.1 Å². The summed E-state index contributed by atoms with van der Waals surface area (Å²) in [5.74, 6) is -1.49. The van der Waals surface area contributed by atoms with Crippen molar-refractivity contribution in [2.45, 2.75) is 55.3 Å². The minimum atomic E-state index is -1.83. The molecule has 0 amide bonds. The molecule has 5 rings (SSSR count). The van der Waals surface area contributed by atoms with Crippen molar-refractivity contribution in [3.63, 3.8) is 0 Å². The van der Waals surface area contributed by atoms with Crippen molar-refractivity contribution in [2.24, 2.45) is 0 Å². The molecule has 0 aliphatic carbocycles. The molecule has 0 bridgehead atoms. The molecule has 2 saturated heterocycles. The summed E-state index contributed by atoms with van der Waals surface area (Å²) in [5.41, 5.74) is -0.563. The Hall–Kier alpha value is -3.51. The first-order chi connectivity index (χ1) is 19.4. The Balaban J connectivity index is 1.45. The summed E-state index contributed by atoms with van der Waals surface area (Å²) in [4.78, 5) is 12.3. The largest absolute Gasteiger partial charge is 0.508 e. The van der Waals surface area contributed by atoms with Crippen LogP contribution in [0.15, 0.2) is 45.6 Å². The molecule has 0 spiro atoms. The van der Waals surface area contributed by atoms with Gasteiger partial charge in [0.2, 0.25) is 6.29 Å². The lowest BCUT2D eigenvalue weighted by molar-refractivity contribution is -0.307. The Kier molecular flexibility index (Phi) is 8.06. The van der Waals surface area contributed by atoms with Gasteiger partial charge in [0, 0.05) is 23.8 Å². The van der Waals surface area contributed by atoms with Gasteiger partial charge in [-0.25, -0.2) is 4.79 Å². The normalized spacial score (nSPS) is 32.2. The van der Waals surface area contributed by atoms with Gasteiger partial charge >= 0.3 is 5.63 Å². The topological polar surface area (TPSA) is 249 Å². The van der Waals surface area contributed by atoms with Crippen LogP contribution in [0.2, 0.25) is 0 Å². The SMILES string of the molecule is O=c1cc(-c2ccc(O)c(O)c2)c2c(O[C@H]3O[C@@H](CO[C@@H]4OC[C@@H](O)[C@H](O)[C@@H]4O)[C@H](O)[C@@H](O)[C@@H]3O)cc(O)cc2o1. The second-order valence-electron chi connectivity index (χ2n) is 9.72. The molecule has 9 N–H and O–H groups in total. The number of rotatable bonds is 6. The predicted octanol–water partition coefficient (Wildman–Crippen LogP) is -1.78. The van der Waals surface area contributed by atoms with E-state index in [1.165, 1.54) is 18.2 Å². The van der Waals surface area contributed by atoms with Gasteiger partial charge in [-0.3, -0.25) is 0 Å². The van der Waals surface area contributed by atoms with Crippen LogP contribution in [0, 0.1) is 0 Å². The first-order valence-electron chi connectivity index (χ1n) is 12.4. The number of aliphatic hydroxyl groups excluding tert-OH is 6. The Morgan fingerprint density at radius 2 is 1.54 bits per heavy atom. The molecular weight excluding hydrogens is 552 g/mol. The highest BCUT2D eigenvalue weighted by atomic mass is 16.7. The molecule has 1 aromatic heterocycles. The highest BCUT2D eigenvalue weighted by molar-refractivity contribution is 5.98. The van der Waals surface area contributed by atoms with Crippen LogP contribution in [0.1, 0.15) is 0 Å². The quantitative estimate of drug-likeness (QED) is 0.115. The molecule has 3 aromatic rings. The lowest BCUT2D eigenvalue weighted by Crippen LogP contribution is -2.61. The van der Waals surface area contributed by atoms with Gasteiger partial charge in [-0.2, -0.15) is 0 Å². The van der Waals surface area contributed by atoms with Crippen LogP contribution in [0.5, 0.6) is 23.0 Å². The number of aromatic hydroxyl groups is 3. The van der Waals surface area contributed by atoms with E-state index in [-0.39, 0.29) is 34.5 Å². The monoisotopic (exact) mass is 580 g/mol. The molecule has 222 valence electrons. The highest BCUT2D eigenvalue weighted by Gasteiger charge is 2.46. The molecule has 2 fully saturated rings. The Morgan fingerprint density at radius 3 is 2.27 bits per heavy atom. The number of ether oxygens (including phenoxy) is 4. The van der Waals surface area contributed by atoms with E-state index in [0.29, 0.717) is 0 Å². The summed E-state index contributed by atoms with van der Waals surface area (Å²) in [6.07, 6.45) is -14.3. The zero-order valence-electron chi connectivity index (χ0n) is 21.0. The van der Waals surface area contributed by atoms with Gasteiger partial charge in [-0.05, 0) is 17.7 Å². The second-order valence-corrected chi connectivity index (χ2v) is 9.72. The molecule has 2 aromatic carbocycles. The molecule has 41 heavy (non-hydrogen) atoms. The first kappa shape index (κ1) is 29.0. The Morgan fingerprint density at radius 1 is 0.805 bits per heavy atom. The van der Waals surface area contributed by atoms with Gasteiger partial charge in [0.25, 0.3) is 0 Å². The van der Waals surface area contributed by atoms with Crippen LogP contribution >= 0.6 is 0 Å². The third kappa shape index (κ3) is 5.67. The summed E-state index contributed by atoms with van der Waals surface area (Å²) in [7, 11) is 0. The van der Waals surface area contributed by atoms with E-state index in [0.717, 1.165) is 18.2 Å². The van der Waals surface area contributed by atoms with Crippen molar-refractivity contribution < 1.29 is 69.3 Å². The standard InChI is InChI=1S/C26H28O15/c27-10-4-15-19(11(6-18(31)39-15)9-1-2-12(28)13(29)3-9)16(5-10)40-26-24(36)22(34)21(33)17(41-26)8-38-25-23(35)20(32)14(30)7-37-25/h1-6,14,17,20-30,32-36H,7-8H2/t14-,17+,20+,21+,22-,23+,24+,25+,26+/m1/s1. The molecule has 0 unspecified atom stereocenters. The minimum absolute atomic E-state index is 0.0861. The van der Waals surface area contributed by atoms with E-state index in [9.17, 15) is 50.8 Å². The molecule has 2 aliphatic heterocycles. The summed E-state index contributed by atoms with van der Waals surface area (Å²) in [6.45, 7) is -0.866. The van der Waals surface area contributed by atoms with Gasteiger partial charge in [0.05, 0.1) is 18.6 Å². The van der Waals surface area contributed by atoms with E-state index in [4.69, 9.17) is 23.4 Å². The predicted molar refractivity (Wildman–Crippen MR) is 134 cm³/mol. The Labute approximate surface area is 230 Å². The maximum atomic E-state index is 12.3. The van der Waals surface area contributed by atoms with Gasteiger partial charge in [-0.15, -0.1) is 0 Å². The smallest absolute Gasteiger partial charge is 0.336 e. The van der Waals surface area contributed by atoms with Crippen molar-refractivity contribution in [2.75, 3.05) is 13.2 Å². The second kappa shape index (κ2) is 11.4. The van der Waals surface area contributed by atoms with Crippen molar-refractivity contribution in [3.05, 3.63) is 46.8 Å². The number of fused-ring (bicyclic) bond motifs is 1. The van der Waals surface area contributed by atoms with E-state index in [1.807, 2.05) is 0 Å². The molecule has 2 aliphatic rings. The van der Waals surface area contributed by atoms with Gasteiger partial charge in [-0.1, -0.05) is 6.07 Å². The number of phenolic OH excluding ortho intramolecular Hbond substituents is 3. The van der Waals surface area contributed by atoms with Crippen LogP contribution in [0.3, 0.4) is 0 Å². The zero-order chi connectivity index (χ0) is 29.6.